The van der Waals surface area contributed by atoms with E-state index in [2.05, 4.69) is 0 Å². The minimum Gasteiger partial charge on any atom is -0.292 e. The summed E-state index contributed by atoms with van der Waals surface area (Å²) in [7, 11) is 0. The van der Waals surface area contributed by atoms with Crippen molar-refractivity contribution < 1.29 is 18.4 Å². The molecule has 1 aromatic carbocycles. The number of hydrogen-bond acceptors (Lipinski definition) is 3. The first-order valence-electron chi connectivity index (χ1n) is 7.14. The molecule has 2 amide bonds. The fourth-order valence-electron chi connectivity index (χ4n) is 3.03. The number of piperidine rings is 1. The summed E-state index contributed by atoms with van der Waals surface area (Å²) in [5.74, 6) is -2.76. The third-order valence-electron chi connectivity index (χ3n) is 4.12. The monoisotopic (exact) mass is 294 g/mol. The van der Waals surface area contributed by atoms with Gasteiger partial charge in [-0.3, -0.25) is 14.5 Å². The predicted molar refractivity (Wildman–Crippen MR) is 72.7 cm³/mol. The van der Waals surface area contributed by atoms with Crippen LogP contribution in [0.5, 0.6) is 0 Å². The first-order chi connectivity index (χ1) is 10.1. The Balaban J connectivity index is 1.84. The third-order valence-corrected chi connectivity index (χ3v) is 4.12. The molecule has 0 saturated carbocycles. The third kappa shape index (κ3) is 2.55. The van der Waals surface area contributed by atoms with Crippen molar-refractivity contribution in [1.29, 1.82) is 0 Å². The van der Waals surface area contributed by atoms with E-state index >= 15 is 0 Å². The van der Waals surface area contributed by atoms with E-state index in [0.717, 1.165) is 49.4 Å². The Bertz CT molecular complexity index is 585. The van der Waals surface area contributed by atoms with Gasteiger partial charge in [-0.05, 0) is 38.1 Å². The maximum atomic E-state index is 13.3. The Kier molecular flexibility index (Phi) is 3.71. The van der Waals surface area contributed by atoms with Gasteiger partial charge in [0.05, 0.1) is 18.2 Å². The van der Waals surface area contributed by atoms with Gasteiger partial charge in [0.1, 0.15) is 0 Å². The lowest BCUT2D eigenvalue weighted by atomic mass is 10.1. The maximum absolute atomic E-state index is 13.3. The number of nitrogens with zero attached hydrogens (tertiary/aromatic N) is 2. The molecule has 0 bridgehead atoms. The quantitative estimate of drug-likeness (QED) is 0.784. The number of likely N-dealkylation sites (tertiary alicyclic amines) is 1. The van der Waals surface area contributed by atoms with Gasteiger partial charge in [-0.1, -0.05) is 6.42 Å². The van der Waals surface area contributed by atoms with Gasteiger partial charge >= 0.3 is 0 Å². The average molecular weight is 294 g/mol. The van der Waals surface area contributed by atoms with E-state index in [9.17, 15) is 18.4 Å². The molecule has 2 aliphatic rings. The fraction of sp³-hybridized carbons (Fsp3) is 0.467. The highest BCUT2D eigenvalue weighted by molar-refractivity contribution is 6.22. The summed E-state index contributed by atoms with van der Waals surface area (Å²) in [6, 6.07) is 2.61. The maximum Gasteiger partial charge on any atom is 0.251 e. The Labute approximate surface area is 121 Å². The van der Waals surface area contributed by atoms with Crippen LogP contribution in [0.15, 0.2) is 18.2 Å². The molecule has 0 radical (unpaired) electrons. The van der Waals surface area contributed by atoms with Crippen LogP contribution in [0.1, 0.15) is 25.7 Å². The zero-order chi connectivity index (χ0) is 15.0. The smallest absolute Gasteiger partial charge is 0.251 e. The second-order valence-electron chi connectivity index (χ2n) is 5.48. The van der Waals surface area contributed by atoms with Gasteiger partial charge < -0.3 is 0 Å². The molecule has 0 aliphatic carbocycles. The number of rotatable bonds is 2. The molecule has 21 heavy (non-hydrogen) atoms. The zero-order valence-corrected chi connectivity index (χ0v) is 11.5. The van der Waals surface area contributed by atoms with E-state index < -0.39 is 17.7 Å². The highest BCUT2D eigenvalue weighted by Gasteiger charge is 2.42. The van der Waals surface area contributed by atoms with E-state index in [-0.39, 0.29) is 23.9 Å². The van der Waals surface area contributed by atoms with E-state index in [0.29, 0.717) is 0 Å². The Morgan fingerprint density at radius 1 is 1.00 bits per heavy atom. The lowest BCUT2D eigenvalue weighted by Crippen LogP contribution is -2.44. The number of carbonyl (C=O) groups excluding carboxylic acids is 2. The van der Waals surface area contributed by atoms with E-state index in [4.69, 9.17) is 0 Å². The van der Waals surface area contributed by atoms with Crippen LogP contribution in [0.4, 0.5) is 14.5 Å². The predicted octanol–water partition coefficient (Wildman–Crippen LogP) is 2.08. The molecule has 2 aliphatic heterocycles. The SMILES string of the molecule is O=C1CC(N2CCCCC2)C(=O)N1c1ccc(F)c(F)c1. The zero-order valence-electron chi connectivity index (χ0n) is 11.5. The van der Waals surface area contributed by atoms with Gasteiger partial charge in [-0.15, -0.1) is 0 Å². The molecular weight excluding hydrogens is 278 g/mol. The minimum atomic E-state index is -1.06. The van der Waals surface area contributed by atoms with E-state index in [1.165, 1.54) is 6.07 Å². The molecule has 0 spiro atoms. The van der Waals surface area contributed by atoms with Gasteiger partial charge in [-0.2, -0.15) is 0 Å². The first kappa shape index (κ1) is 14.1. The van der Waals surface area contributed by atoms with Gasteiger partial charge in [0.15, 0.2) is 11.6 Å². The highest BCUT2D eigenvalue weighted by atomic mass is 19.2. The second-order valence-corrected chi connectivity index (χ2v) is 5.48. The van der Waals surface area contributed by atoms with Crippen LogP contribution >= 0.6 is 0 Å². The molecular formula is C15H16F2N2O2. The summed E-state index contributed by atoms with van der Waals surface area (Å²) in [4.78, 5) is 27.5. The molecule has 112 valence electrons. The molecule has 0 aromatic heterocycles. The summed E-state index contributed by atoms with van der Waals surface area (Å²) >= 11 is 0. The Morgan fingerprint density at radius 2 is 1.71 bits per heavy atom. The van der Waals surface area contributed by atoms with E-state index in [1.807, 2.05) is 4.90 Å². The van der Waals surface area contributed by atoms with Crippen molar-refractivity contribution in [3.63, 3.8) is 0 Å². The summed E-state index contributed by atoms with van der Waals surface area (Å²) in [6.07, 6.45) is 3.28. The van der Waals surface area contributed by atoms with Crippen LogP contribution in [-0.2, 0) is 9.59 Å². The van der Waals surface area contributed by atoms with Crippen molar-refractivity contribution in [3.8, 4) is 0 Å². The molecule has 6 heteroatoms. The number of anilines is 1. The number of halogens is 2. The standard InChI is InChI=1S/C15H16F2N2O2/c16-11-5-4-10(8-12(11)17)19-14(20)9-13(15(19)21)18-6-2-1-3-7-18/h4-5,8,13H,1-3,6-7,9H2. The van der Waals surface area contributed by atoms with Crippen molar-refractivity contribution in [2.75, 3.05) is 18.0 Å². The molecule has 4 nitrogen and oxygen atoms in total. The van der Waals surface area contributed by atoms with Gasteiger partial charge in [0.25, 0.3) is 5.91 Å². The fourth-order valence-corrected chi connectivity index (χ4v) is 3.03. The van der Waals surface area contributed by atoms with Crippen LogP contribution in [-0.4, -0.2) is 35.8 Å². The molecule has 1 unspecified atom stereocenters. The Hall–Kier alpha value is -1.82. The number of imide groups is 1. The average Bonchev–Trinajstić information content (AvgIpc) is 2.78. The summed E-state index contributed by atoms with van der Waals surface area (Å²) < 4.78 is 26.3. The molecule has 1 aromatic rings. The number of hydrogen-bond donors (Lipinski definition) is 0. The highest BCUT2D eigenvalue weighted by Crippen LogP contribution is 2.28. The number of benzene rings is 1. The molecule has 3 rings (SSSR count). The molecule has 2 saturated heterocycles. The topological polar surface area (TPSA) is 40.6 Å². The van der Waals surface area contributed by atoms with Gasteiger partial charge in [-0.25, -0.2) is 13.7 Å². The molecule has 2 fully saturated rings. The second kappa shape index (κ2) is 5.52. The number of carbonyl (C=O) groups is 2. The van der Waals surface area contributed by atoms with Gasteiger partial charge in [0.2, 0.25) is 5.91 Å². The van der Waals surface area contributed by atoms with Crippen molar-refractivity contribution in [3.05, 3.63) is 29.8 Å². The van der Waals surface area contributed by atoms with Crippen LogP contribution in [0.3, 0.4) is 0 Å². The lowest BCUT2D eigenvalue weighted by molar-refractivity contribution is -0.123. The molecule has 2 heterocycles. The van der Waals surface area contributed by atoms with E-state index in [1.54, 1.807) is 0 Å². The van der Waals surface area contributed by atoms with Crippen molar-refractivity contribution in [2.45, 2.75) is 31.7 Å². The van der Waals surface area contributed by atoms with Gasteiger partial charge in [0, 0.05) is 6.07 Å². The van der Waals surface area contributed by atoms with Crippen molar-refractivity contribution in [1.82, 2.24) is 4.90 Å². The first-order valence-corrected chi connectivity index (χ1v) is 7.14. The number of amides is 2. The molecule has 0 N–H and O–H groups in total. The normalized spacial score (nSPS) is 23.9. The Morgan fingerprint density at radius 3 is 2.38 bits per heavy atom. The van der Waals surface area contributed by atoms with Crippen LogP contribution in [0, 0.1) is 11.6 Å². The minimum absolute atomic E-state index is 0.100. The largest absolute Gasteiger partial charge is 0.292 e. The lowest BCUT2D eigenvalue weighted by Gasteiger charge is -2.30. The van der Waals surface area contributed by atoms with Crippen LogP contribution < -0.4 is 4.90 Å². The van der Waals surface area contributed by atoms with Crippen molar-refractivity contribution >= 4 is 17.5 Å². The van der Waals surface area contributed by atoms with Crippen LogP contribution in [0.2, 0.25) is 0 Å². The van der Waals surface area contributed by atoms with Crippen LogP contribution in [0.25, 0.3) is 0 Å². The summed E-state index contributed by atoms with van der Waals surface area (Å²) in [5, 5.41) is 0. The molecule has 1 atom stereocenters. The summed E-state index contributed by atoms with van der Waals surface area (Å²) in [6.45, 7) is 1.60. The van der Waals surface area contributed by atoms with Crippen molar-refractivity contribution in [2.24, 2.45) is 0 Å². The summed E-state index contributed by atoms with van der Waals surface area (Å²) in [5.41, 5.74) is 0.100.